The fraction of sp³-hybridized carbons (Fsp3) is 0.500. The molecular weight excluding hydrogens is 226 g/mol. The zero-order valence-corrected chi connectivity index (χ0v) is 10.3. The summed E-state index contributed by atoms with van der Waals surface area (Å²) < 4.78 is 5.43. The van der Waals surface area contributed by atoms with Crippen molar-refractivity contribution < 1.29 is 9.84 Å². The monoisotopic (exact) mass is 243 g/mol. The van der Waals surface area contributed by atoms with Crippen molar-refractivity contribution in [3.8, 4) is 5.75 Å². The molecule has 1 rings (SSSR count). The maximum atomic E-state index is 8.74. The van der Waals surface area contributed by atoms with Gasteiger partial charge in [0.1, 0.15) is 12.4 Å². The molecule has 0 amide bonds. The third-order valence-corrected chi connectivity index (χ3v) is 2.43. The van der Waals surface area contributed by atoms with E-state index in [1.165, 1.54) is 0 Å². The van der Waals surface area contributed by atoms with Crippen LogP contribution in [0.15, 0.2) is 18.2 Å². The minimum absolute atomic E-state index is 0.00689. The summed E-state index contributed by atoms with van der Waals surface area (Å²) in [7, 11) is 0. The molecule has 0 bridgehead atoms. The van der Waals surface area contributed by atoms with Crippen molar-refractivity contribution in [1.29, 1.82) is 0 Å². The van der Waals surface area contributed by atoms with E-state index in [2.05, 4.69) is 12.2 Å². The van der Waals surface area contributed by atoms with Gasteiger partial charge in [-0.3, -0.25) is 0 Å². The first-order valence-corrected chi connectivity index (χ1v) is 5.89. The lowest BCUT2D eigenvalue weighted by molar-refractivity contribution is 0.200. The van der Waals surface area contributed by atoms with Crippen molar-refractivity contribution in [2.75, 3.05) is 19.8 Å². The molecule has 0 aliphatic carbocycles. The number of nitrogens with one attached hydrogen (secondary N) is 1. The molecule has 90 valence electrons. The Balaban J connectivity index is 2.68. The SMILES string of the molecule is CCCNCc1cccc(Cl)c1OCCO. The van der Waals surface area contributed by atoms with Crippen molar-refractivity contribution in [2.45, 2.75) is 19.9 Å². The molecular formula is C12H18ClNO2. The molecule has 0 spiro atoms. The molecule has 0 heterocycles. The van der Waals surface area contributed by atoms with E-state index < -0.39 is 0 Å². The van der Waals surface area contributed by atoms with Gasteiger partial charge in [0, 0.05) is 12.1 Å². The fourth-order valence-corrected chi connectivity index (χ4v) is 1.65. The molecule has 0 aliphatic heterocycles. The molecule has 0 saturated heterocycles. The highest BCUT2D eigenvalue weighted by Crippen LogP contribution is 2.28. The Bertz CT molecular complexity index is 318. The summed E-state index contributed by atoms with van der Waals surface area (Å²) in [6.07, 6.45) is 1.09. The van der Waals surface area contributed by atoms with Crippen molar-refractivity contribution in [1.82, 2.24) is 5.32 Å². The standard InChI is InChI=1S/C12H18ClNO2/c1-2-6-14-9-10-4-3-5-11(13)12(10)16-8-7-15/h3-5,14-15H,2,6-9H2,1H3. The van der Waals surface area contributed by atoms with Gasteiger partial charge in [0.25, 0.3) is 0 Å². The van der Waals surface area contributed by atoms with Gasteiger partial charge in [-0.25, -0.2) is 0 Å². The second kappa shape index (κ2) is 7.49. The second-order valence-corrected chi connectivity index (χ2v) is 3.88. The van der Waals surface area contributed by atoms with Crippen LogP contribution in [0.5, 0.6) is 5.75 Å². The van der Waals surface area contributed by atoms with E-state index >= 15 is 0 Å². The van der Waals surface area contributed by atoms with Crippen LogP contribution in [0, 0.1) is 0 Å². The molecule has 0 radical (unpaired) electrons. The van der Waals surface area contributed by atoms with E-state index in [-0.39, 0.29) is 13.2 Å². The Morgan fingerprint density at radius 1 is 1.44 bits per heavy atom. The topological polar surface area (TPSA) is 41.5 Å². The first-order valence-electron chi connectivity index (χ1n) is 5.51. The van der Waals surface area contributed by atoms with E-state index in [1.807, 2.05) is 12.1 Å². The summed E-state index contributed by atoms with van der Waals surface area (Å²) >= 11 is 6.04. The van der Waals surface area contributed by atoms with Crippen LogP contribution in [0.1, 0.15) is 18.9 Å². The number of rotatable bonds is 7. The minimum Gasteiger partial charge on any atom is -0.489 e. The van der Waals surface area contributed by atoms with Gasteiger partial charge in [-0.05, 0) is 19.0 Å². The van der Waals surface area contributed by atoms with Crippen LogP contribution in [0.25, 0.3) is 0 Å². The summed E-state index contributed by atoms with van der Waals surface area (Å²) in [5.41, 5.74) is 1.02. The summed E-state index contributed by atoms with van der Waals surface area (Å²) in [5, 5.41) is 12.6. The third-order valence-electron chi connectivity index (χ3n) is 2.13. The average molecular weight is 244 g/mol. The van der Waals surface area contributed by atoms with Gasteiger partial charge < -0.3 is 15.2 Å². The van der Waals surface area contributed by atoms with Crippen molar-refractivity contribution in [3.63, 3.8) is 0 Å². The van der Waals surface area contributed by atoms with Gasteiger partial charge in [0.2, 0.25) is 0 Å². The molecule has 16 heavy (non-hydrogen) atoms. The molecule has 0 aromatic heterocycles. The zero-order chi connectivity index (χ0) is 11.8. The molecule has 0 fully saturated rings. The Morgan fingerprint density at radius 3 is 2.94 bits per heavy atom. The Hall–Kier alpha value is -0.770. The van der Waals surface area contributed by atoms with Crippen LogP contribution in [0.2, 0.25) is 5.02 Å². The number of halogens is 1. The number of hydrogen-bond donors (Lipinski definition) is 2. The van der Waals surface area contributed by atoms with Gasteiger partial charge in [0.05, 0.1) is 11.6 Å². The first kappa shape index (κ1) is 13.3. The van der Waals surface area contributed by atoms with Gasteiger partial charge >= 0.3 is 0 Å². The second-order valence-electron chi connectivity index (χ2n) is 3.48. The van der Waals surface area contributed by atoms with Gasteiger partial charge in [-0.1, -0.05) is 30.7 Å². The highest BCUT2D eigenvalue weighted by Gasteiger charge is 2.07. The van der Waals surface area contributed by atoms with Crippen LogP contribution in [0.4, 0.5) is 0 Å². The summed E-state index contributed by atoms with van der Waals surface area (Å²) in [5.74, 6) is 0.668. The Labute approximate surface area is 101 Å². The average Bonchev–Trinajstić information content (AvgIpc) is 2.28. The smallest absolute Gasteiger partial charge is 0.142 e. The molecule has 4 heteroatoms. The van der Waals surface area contributed by atoms with Gasteiger partial charge in [-0.15, -0.1) is 0 Å². The number of ether oxygens (including phenoxy) is 1. The lowest BCUT2D eigenvalue weighted by atomic mass is 10.2. The molecule has 2 N–H and O–H groups in total. The van der Waals surface area contributed by atoms with Crippen molar-refractivity contribution >= 4 is 11.6 Å². The van der Waals surface area contributed by atoms with E-state index in [0.717, 1.165) is 25.1 Å². The predicted octanol–water partition coefficient (Wildman–Crippen LogP) is 2.21. The number of hydrogen-bond acceptors (Lipinski definition) is 3. The van der Waals surface area contributed by atoms with E-state index in [1.54, 1.807) is 6.07 Å². The zero-order valence-electron chi connectivity index (χ0n) is 9.50. The van der Waals surface area contributed by atoms with Gasteiger partial charge in [-0.2, -0.15) is 0 Å². The van der Waals surface area contributed by atoms with Crippen LogP contribution < -0.4 is 10.1 Å². The summed E-state index contributed by atoms with van der Waals surface area (Å²) in [6.45, 7) is 4.08. The van der Waals surface area contributed by atoms with E-state index in [0.29, 0.717) is 10.8 Å². The lowest BCUT2D eigenvalue weighted by Gasteiger charge is -2.12. The summed E-state index contributed by atoms with van der Waals surface area (Å²) in [6, 6.07) is 5.66. The van der Waals surface area contributed by atoms with Gasteiger partial charge in [0.15, 0.2) is 0 Å². The molecule has 1 aromatic carbocycles. The number of benzene rings is 1. The number of aliphatic hydroxyl groups excluding tert-OH is 1. The molecule has 0 saturated carbocycles. The number of aliphatic hydroxyl groups is 1. The predicted molar refractivity (Wildman–Crippen MR) is 66.0 cm³/mol. The molecule has 1 aromatic rings. The molecule has 0 unspecified atom stereocenters. The third kappa shape index (κ3) is 4.00. The highest BCUT2D eigenvalue weighted by atomic mass is 35.5. The van der Waals surface area contributed by atoms with Crippen molar-refractivity contribution in [3.05, 3.63) is 28.8 Å². The van der Waals surface area contributed by atoms with Crippen LogP contribution >= 0.6 is 11.6 Å². The van der Waals surface area contributed by atoms with E-state index in [4.69, 9.17) is 21.4 Å². The minimum atomic E-state index is -0.00689. The fourth-order valence-electron chi connectivity index (χ4n) is 1.40. The molecule has 0 atom stereocenters. The first-order chi connectivity index (χ1) is 7.79. The maximum Gasteiger partial charge on any atom is 0.142 e. The van der Waals surface area contributed by atoms with Crippen LogP contribution in [-0.4, -0.2) is 24.9 Å². The van der Waals surface area contributed by atoms with Crippen LogP contribution in [-0.2, 0) is 6.54 Å². The normalized spacial score (nSPS) is 10.4. The largest absolute Gasteiger partial charge is 0.489 e. The van der Waals surface area contributed by atoms with Crippen LogP contribution in [0.3, 0.4) is 0 Å². The maximum absolute atomic E-state index is 8.74. The van der Waals surface area contributed by atoms with Crippen molar-refractivity contribution in [2.24, 2.45) is 0 Å². The lowest BCUT2D eigenvalue weighted by Crippen LogP contribution is -2.15. The quantitative estimate of drug-likeness (QED) is 0.722. The number of para-hydroxylation sites is 1. The Kier molecular flexibility index (Phi) is 6.23. The molecule has 0 aliphatic rings. The summed E-state index contributed by atoms with van der Waals surface area (Å²) in [4.78, 5) is 0. The highest BCUT2D eigenvalue weighted by molar-refractivity contribution is 6.32. The Morgan fingerprint density at radius 2 is 2.25 bits per heavy atom. The van der Waals surface area contributed by atoms with E-state index in [9.17, 15) is 0 Å². The molecule has 3 nitrogen and oxygen atoms in total.